The van der Waals surface area contributed by atoms with Crippen LogP contribution in [0.2, 0.25) is 0 Å². The second-order valence-corrected chi connectivity index (χ2v) is 7.11. The van der Waals surface area contributed by atoms with E-state index in [4.69, 9.17) is 9.15 Å². The van der Waals surface area contributed by atoms with Gasteiger partial charge in [0.25, 0.3) is 0 Å². The molecule has 0 bridgehead atoms. The number of fused-ring (bicyclic) bond motifs is 2. The topological polar surface area (TPSA) is 57.3 Å². The van der Waals surface area contributed by atoms with Crippen LogP contribution in [-0.4, -0.2) is 21.9 Å². The standard InChI is InChI=1S/C20H18N2O3S/c1-13-11-19(23)25-18-12-14(7-8-15(13)18)24-9-10-26-20-21-16-5-3-4-6-17(16)22(20)2/h3-8,11-12H,9-10H2,1-2H3. The highest BCUT2D eigenvalue weighted by molar-refractivity contribution is 7.99. The summed E-state index contributed by atoms with van der Waals surface area (Å²) in [6.45, 7) is 2.43. The molecule has 0 N–H and O–H groups in total. The molecule has 0 aliphatic carbocycles. The van der Waals surface area contributed by atoms with Crippen LogP contribution in [0.3, 0.4) is 0 Å². The van der Waals surface area contributed by atoms with Gasteiger partial charge in [-0.1, -0.05) is 23.9 Å². The van der Waals surface area contributed by atoms with Crippen molar-refractivity contribution in [3.63, 3.8) is 0 Å². The van der Waals surface area contributed by atoms with Crippen molar-refractivity contribution >= 4 is 33.8 Å². The number of benzene rings is 2. The van der Waals surface area contributed by atoms with Gasteiger partial charge >= 0.3 is 5.63 Å². The molecule has 0 spiro atoms. The number of hydrogen-bond donors (Lipinski definition) is 0. The van der Waals surface area contributed by atoms with Crippen LogP contribution < -0.4 is 10.4 Å². The van der Waals surface area contributed by atoms with Crippen LogP contribution in [0.25, 0.3) is 22.0 Å². The summed E-state index contributed by atoms with van der Waals surface area (Å²) in [4.78, 5) is 16.2. The SMILES string of the molecule is Cc1cc(=O)oc2cc(OCCSc3nc4ccccc4n3C)ccc12. The van der Waals surface area contributed by atoms with Crippen molar-refractivity contribution in [2.45, 2.75) is 12.1 Å². The molecule has 132 valence electrons. The molecule has 0 fully saturated rings. The molecular weight excluding hydrogens is 348 g/mol. The Kier molecular flexibility index (Phi) is 4.42. The summed E-state index contributed by atoms with van der Waals surface area (Å²) in [6, 6.07) is 15.2. The molecule has 0 atom stereocenters. The smallest absolute Gasteiger partial charge is 0.336 e. The van der Waals surface area contributed by atoms with Crippen LogP contribution in [-0.2, 0) is 7.05 Å². The summed E-state index contributed by atoms with van der Waals surface area (Å²) < 4.78 is 13.2. The van der Waals surface area contributed by atoms with Crippen LogP contribution >= 0.6 is 11.8 Å². The van der Waals surface area contributed by atoms with E-state index in [2.05, 4.69) is 15.6 Å². The Hall–Kier alpha value is -2.73. The summed E-state index contributed by atoms with van der Waals surface area (Å²) in [6.07, 6.45) is 0. The van der Waals surface area contributed by atoms with Crippen molar-refractivity contribution in [2.24, 2.45) is 7.05 Å². The lowest BCUT2D eigenvalue weighted by Gasteiger charge is -2.07. The molecule has 0 amide bonds. The minimum absolute atomic E-state index is 0.343. The Bertz CT molecular complexity index is 1150. The molecule has 0 aliphatic heterocycles. The lowest BCUT2D eigenvalue weighted by molar-refractivity contribution is 0.343. The van der Waals surface area contributed by atoms with E-state index in [0.717, 1.165) is 32.9 Å². The number of aryl methyl sites for hydroxylation is 2. The van der Waals surface area contributed by atoms with Crippen molar-refractivity contribution < 1.29 is 9.15 Å². The number of nitrogens with zero attached hydrogens (tertiary/aromatic N) is 2. The van der Waals surface area contributed by atoms with Gasteiger partial charge in [-0.25, -0.2) is 9.78 Å². The molecule has 0 unspecified atom stereocenters. The highest BCUT2D eigenvalue weighted by Gasteiger charge is 2.08. The summed E-state index contributed by atoms with van der Waals surface area (Å²) >= 11 is 1.65. The van der Waals surface area contributed by atoms with E-state index >= 15 is 0 Å². The number of aromatic nitrogens is 2. The van der Waals surface area contributed by atoms with Crippen LogP contribution in [0.1, 0.15) is 5.56 Å². The average molecular weight is 366 g/mol. The summed E-state index contributed by atoms with van der Waals surface area (Å²) in [5.41, 5.74) is 3.23. The first-order valence-corrected chi connectivity index (χ1v) is 9.32. The molecule has 0 aliphatic rings. The number of imidazole rings is 1. The number of hydrogen-bond acceptors (Lipinski definition) is 5. The highest BCUT2D eigenvalue weighted by atomic mass is 32.2. The number of thioether (sulfide) groups is 1. The minimum atomic E-state index is -0.343. The Labute approximate surface area is 154 Å². The molecular formula is C20H18N2O3S. The maximum Gasteiger partial charge on any atom is 0.336 e. The number of para-hydroxylation sites is 2. The minimum Gasteiger partial charge on any atom is -0.493 e. The Morgan fingerprint density at radius 1 is 1.19 bits per heavy atom. The Morgan fingerprint density at radius 2 is 2.04 bits per heavy atom. The van der Waals surface area contributed by atoms with Gasteiger partial charge in [-0.05, 0) is 36.8 Å². The van der Waals surface area contributed by atoms with Crippen LogP contribution in [0.4, 0.5) is 0 Å². The third kappa shape index (κ3) is 3.20. The lowest BCUT2D eigenvalue weighted by Crippen LogP contribution is -2.02. The summed E-state index contributed by atoms with van der Waals surface area (Å²) in [7, 11) is 2.02. The number of rotatable bonds is 5. The predicted octanol–water partition coefficient (Wildman–Crippen LogP) is 4.16. The summed E-state index contributed by atoms with van der Waals surface area (Å²) in [5, 5.41) is 1.89. The second kappa shape index (κ2) is 6.88. The van der Waals surface area contributed by atoms with Gasteiger partial charge in [0.05, 0.1) is 17.6 Å². The Morgan fingerprint density at radius 3 is 2.88 bits per heavy atom. The van der Waals surface area contributed by atoms with Gasteiger partial charge < -0.3 is 13.7 Å². The quantitative estimate of drug-likeness (QED) is 0.302. The monoisotopic (exact) mass is 366 g/mol. The van der Waals surface area contributed by atoms with E-state index in [0.29, 0.717) is 17.9 Å². The average Bonchev–Trinajstić information content (AvgIpc) is 2.94. The van der Waals surface area contributed by atoms with Gasteiger partial charge in [0, 0.05) is 30.3 Å². The van der Waals surface area contributed by atoms with Gasteiger partial charge in [0.1, 0.15) is 11.3 Å². The fraction of sp³-hybridized carbons (Fsp3) is 0.200. The van der Waals surface area contributed by atoms with Crippen LogP contribution in [0.15, 0.2) is 62.9 Å². The van der Waals surface area contributed by atoms with E-state index in [1.165, 1.54) is 6.07 Å². The number of ether oxygens (including phenoxy) is 1. The molecule has 0 saturated heterocycles. The van der Waals surface area contributed by atoms with E-state index in [1.54, 1.807) is 17.8 Å². The van der Waals surface area contributed by atoms with Crippen molar-refractivity contribution in [1.82, 2.24) is 9.55 Å². The van der Waals surface area contributed by atoms with E-state index < -0.39 is 0 Å². The van der Waals surface area contributed by atoms with Gasteiger partial charge in [-0.3, -0.25) is 0 Å². The lowest BCUT2D eigenvalue weighted by atomic mass is 10.1. The fourth-order valence-corrected chi connectivity index (χ4v) is 3.74. The molecule has 0 saturated carbocycles. The van der Waals surface area contributed by atoms with Crippen molar-refractivity contribution in [2.75, 3.05) is 12.4 Å². The Balaban J connectivity index is 1.42. The molecule has 6 heteroatoms. The molecule has 26 heavy (non-hydrogen) atoms. The van der Waals surface area contributed by atoms with E-state index in [1.807, 2.05) is 44.3 Å². The highest BCUT2D eigenvalue weighted by Crippen LogP contribution is 2.24. The molecule has 5 nitrogen and oxygen atoms in total. The first kappa shape index (κ1) is 16.7. The molecule has 2 aromatic heterocycles. The van der Waals surface area contributed by atoms with Crippen molar-refractivity contribution in [1.29, 1.82) is 0 Å². The molecule has 4 aromatic rings. The second-order valence-electron chi connectivity index (χ2n) is 6.05. The van der Waals surface area contributed by atoms with Crippen LogP contribution in [0, 0.1) is 6.92 Å². The van der Waals surface area contributed by atoms with Gasteiger partial charge in [-0.2, -0.15) is 0 Å². The fourth-order valence-electron chi connectivity index (χ4n) is 2.94. The largest absolute Gasteiger partial charge is 0.493 e. The maximum atomic E-state index is 11.5. The van der Waals surface area contributed by atoms with E-state index in [9.17, 15) is 4.79 Å². The zero-order chi connectivity index (χ0) is 18.1. The molecule has 0 radical (unpaired) electrons. The van der Waals surface area contributed by atoms with Crippen molar-refractivity contribution in [3.8, 4) is 5.75 Å². The van der Waals surface area contributed by atoms with Crippen molar-refractivity contribution in [3.05, 3.63) is 64.5 Å². The first-order chi connectivity index (χ1) is 12.6. The third-order valence-electron chi connectivity index (χ3n) is 4.25. The molecule has 4 rings (SSSR count). The zero-order valence-corrected chi connectivity index (χ0v) is 15.4. The maximum absolute atomic E-state index is 11.5. The van der Waals surface area contributed by atoms with Crippen LogP contribution in [0.5, 0.6) is 5.75 Å². The normalized spacial score (nSPS) is 11.3. The van der Waals surface area contributed by atoms with Gasteiger partial charge in [0.2, 0.25) is 0 Å². The molecule has 2 aromatic carbocycles. The van der Waals surface area contributed by atoms with E-state index in [-0.39, 0.29) is 5.63 Å². The van der Waals surface area contributed by atoms with Gasteiger partial charge in [0.15, 0.2) is 5.16 Å². The van der Waals surface area contributed by atoms with Gasteiger partial charge in [-0.15, -0.1) is 0 Å². The molecule has 2 heterocycles. The summed E-state index contributed by atoms with van der Waals surface area (Å²) in [5.74, 6) is 1.46. The first-order valence-electron chi connectivity index (χ1n) is 8.33. The predicted molar refractivity (Wildman–Crippen MR) is 104 cm³/mol. The zero-order valence-electron chi connectivity index (χ0n) is 14.6. The third-order valence-corrected chi connectivity index (χ3v) is 5.25.